The van der Waals surface area contributed by atoms with Gasteiger partial charge in [-0.25, -0.2) is 4.79 Å². The molecule has 0 aliphatic rings. The molecule has 0 saturated heterocycles. The maximum Gasteiger partial charge on any atom is 0.341 e. The smallest absolute Gasteiger partial charge is 0.341 e. The summed E-state index contributed by atoms with van der Waals surface area (Å²) in [5.74, 6) is 0.165. The average molecular weight is 447 g/mol. The Morgan fingerprint density at radius 3 is 2.48 bits per heavy atom. The van der Waals surface area contributed by atoms with Crippen molar-refractivity contribution in [3.63, 3.8) is 0 Å². The van der Waals surface area contributed by atoms with E-state index in [1.165, 1.54) is 18.4 Å². The van der Waals surface area contributed by atoms with Crippen molar-refractivity contribution in [2.45, 2.75) is 6.92 Å². The fourth-order valence-corrected chi connectivity index (χ4v) is 4.43. The second kappa shape index (κ2) is 9.26. The normalized spacial score (nSPS) is 10.3. The molecule has 0 spiro atoms. The summed E-state index contributed by atoms with van der Waals surface area (Å²) in [5, 5.41) is 7.64. The molecule has 0 radical (unpaired) electrons. The van der Waals surface area contributed by atoms with Gasteiger partial charge in [0.15, 0.2) is 5.11 Å². The largest absolute Gasteiger partial charge is 0.495 e. The Bertz CT molecular complexity index is 1050. The van der Waals surface area contributed by atoms with Gasteiger partial charge in [0, 0.05) is 15.5 Å². The van der Waals surface area contributed by atoms with Gasteiger partial charge >= 0.3 is 5.97 Å². The standard InChI is InChI=1S/C21H19ClN2O3S2/c1-12-17(13-7-5-4-6-8-13)18(20(25)27-3)19(29-12)24-21(28)23-15-11-14(22)9-10-16(15)26-2/h4-11H,1-3H3,(H2,23,24,28). The first-order valence-electron chi connectivity index (χ1n) is 8.63. The van der Waals surface area contributed by atoms with Crippen LogP contribution in [0.4, 0.5) is 10.7 Å². The quantitative estimate of drug-likeness (QED) is 0.371. The summed E-state index contributed by atoms with van der Waals surface area (Å²) in [5.41, 5.74) is 2.83. The molecule has 1 heterocycles. The number of halogens is 1. The van der Waals surface area contributed by atoms with Crippen LogP contribution in [0.25, 0.3) is 11.1 Å². The number of rotatable bonds is 5. The number of thiocarbonyl (C=S) groups is 1. The first-order chi connectivity index (χ1) is 13.9. The van der Waals surface area contributed by atoms with Crippen molar-refractivity contribution in [3.05, 3.63) is 64.0 Å². The van der Waals surface area contributed by atoms with Crippen LogP contribution >= 0.6 is 35.2 Å². The van der Waals surface area contributed by atoms with Gasteiger partial charge < -0.3 is 20.1 Å². The lowest BCUT2D eigenvalue weighted by Gasteiger charge is -2.14. The van der Waals surface area contributed by atoms with E-state index in [1.807, 2.05) is 37.3 Å². The summed E-state index contributed by atoms with van der Waals surface area (Å²) >= 11 is 13.0. The van der Waals surface area contributed by atoms with Crippen molar-refractivity contribution in [1.82, 2.24) is 0 Å². The number of carbonyl (C=O) groups is 1. The Labute approximate surface area is 183 Å². The third-order valence-corrected chi connectivity index (χ3v) is 5.63. The lowest BCUT2D eigenvalue weighted by Crippen LogP contribution is -2.20. The zero-order valence-electron chi connectivity index (χ0n) is 16.0. The molecule has 0 bridgehead atoms. The predicted octanol–water partition coefficient (Wildman–Crippen LogP) is 5.98. The number of hydrogen-bond acceptors (Lipinski definition) is 5. The summed E-state index contributed by atoms with van der Waals surface area (Å²) < 4.78 is 10.4. The molecule has 2 N–H and O–H groups in total. The topological polar surface area (TPSA) is 59.6 Å². The fourth-order valence-electron chi connectivity index (χ4n) is 2.92. The predicted molar refractivity (Wildman–Crippen MR) is 124 cm³/mol. The number of aryl methyl sites for hydroxylation is 1. The zero-order chi connectivity index (χ0) is 21.0. The van der Waals surface area contributed by atoms with E-state index >= 15 is 0 Å². The number of methoxy groups -OCH3 is 2. The molecule has 0 aliphatic carbocycles. The monoisotopic (exact) mass is 446 g/mol. The Hall–Kier alpha value is -2.61. The van der Waals surface area contributed by atoms with Crippen LogP contribution in [0.2, 0.25) is 5.02 Å². The number of esters is 1. The van der Waals surface area contributed by atoms with E-state index in [1.54, 1.807) is 25.3 Å². The van der Waals surface area contributed by atoms with Crippen LogP contribution in [0.1, 0.15) is 15.2 Å². The Morgan fingerprint density at radius 2 is 1.83 bits per heavy atom. The number of hydrogen-bond donors (Lipinski definition) is 2. The summed E-state index contributed by atoms with van der Waals surface area (Å²) in [6, 6.07) is 14.9. The summed E-state index contributed by atoms with van der Waals surface area (Å²) in [7, 11) is 2.93. The molecule has 1 aromatic heterocycles. The molecule has 0 aliphatic heterocycles. The molecule has 2 aromatic carbocycles. The minimum atomic E-state index is -0.432. The van der Waals surface area contributed by atoms with E-state index in [2.05, 4.69) is 10.6 Å². The highest BCUT2D eigenvalue weighted by Crippen LogP contribution is 2.40. The third kappa shape index (κ3) is 4.70. The van der Waals surface area contributed by atoms with Crippen LogP contribution in [0.3, 0.4) is 0 Å². The maximum atomic E-state index is 12.6. The second-order valence-electron chi connectivity index (χ2n) is 6.02. The molecule has 8 heteroatoms. The van der Waals surface area contributed by atoms with E-state index in [0.29, 0.717) is 32.1 Å². The van der Waals surface area contributed by atoms with E-state index in [-0.39, 0.29) is 0 Å². The molecule has 0 atom stereocenters. The molecule has 3 aromatic rings. The van der Waals surface area contributed by atoms with Gasteiger partial charge in [-0.1, -0.05) is 41.9 Å². The van der Waals surface area contributed by atoms with Gasteiger partial charge in [-0.2, -0.15) is 0 Å². The van der Waals surface area contributed by atoms with Gasteiger partial charge in [-0.3, -0.25) is 0 Å². The van der Waals surface area contributed by atoms with Crippen LogP contribution in [0, 0.1) is 6.92 Å². The Kier molecular flexibility index (Phi) is 6.74. The van der Waals surface area contributed by atoms with Gasteiger partial charge in [0.25, 0.3) is 0 Å². The lowest BCUT2D eigenvalue weighted by molar-refractivity contribution is 0.0603. The Morgan fingerprint density at radius 1 is 1.10 bits per heavy atom. The molecule has 0 amide bonds. The number of thiophene rings is 1. The van der Waals surface area contributed by atoms with Crippen molar-refractivity contribution in [2.24, 2.45) is 0 Å². The van der Waals surface area contributed by atoms with Crippen molar-refractivity contribution in [1.29, 1.82) is 0 Å². The van der Waals surface area contributed by atoms with Crippen molar-refractivity contribution in [3.8, 4) is 16.9 Å². The average Bonchev–Trinajstić information content (AvgIpc) is 3.03. The lowest BCUT2D eigenvalue weighted by atomic mass is 10.0. The molecule has 0 saturated carbocycles. The molecule has 3 rings (SSSR count). The molecule has 5 nitrogen and oxygen atoms in total. The van der Waals surface area contributed by atoms with Crippen LogP contribution in [0.15, 0.2) is 48.5 Å². The first-order valence-corrected chi connectivity index (χ1v) is 10.2. The summed E-state index contributed by atoms with van der Waals surface area (Å²) in [4.78, 5) is 13.5. The summed E-state index contributed by atoms with van der Waals surface area (Å²) in [6.07, 6.45) is 0. The highest BCUT2D eigenvalue weighted by Gasteiger charge is 2.24. The second-order valence-corrected chi connectivity index (χ2v) is 8.09. The van der Waals surface area contributed by atoms with Gasteiger partial charge in [0.1, 0.15) is 16.3 Å². The Balaban J connectivity index is 1.94. The molecule has 29 heavy (non-hydrogen) atoms. The molecule has 0 fully saturated rings. The number of carbonyl (C=O) groups excluding carboxylic acids is 1. The third-order valence-electron chi connectivity index (χ3n) is 4.17. The molecule has 0 unspecified atom stereocenters. The highest BCUT2D eigenvalue weighted by molar-refractivity contribution is 7.80. The van der Waals surface area contributed by atoms with Gasteiger partial charge in [0.2, 0.25) is 0 Å². The fraction of sp³-hybridized carbons (Fsp3) is 0.143. The first kappa shape index (κ1) is 21.1. The van der Waals surface area contributed by atoms with E-state index in [9.17, 15) is 4.79 Å². The number of benzene rings is 2. The van der Waals surface area contributed by atoms with Crippen LogP contribution in [-0.4, -0.2) is 25.3 Å². The van der Waals surface area contributed by atoms with Gasteiger partial charge in [-0.05, 0) is 42.9 Å². The minimum Gasteiger partial charge on any atom is -0.495 e. The van der Waals surface area contributed by atoms with E-state index < -0.39 is 5.97 Å². The molecule has 150 valence electrons. The van der Waals surface area contributed by atoms with Crippen molar-refractivity contribution in [2.75, 3.05) is 24.9 Å². The molecular weight excluding hydrogens is 428 g/mol. The van der Waals surface area contributed by atoms with Crippen LogP contribution in [-0.2, 0) is 4.74 Å². The van der Waals surface area contributed by atoms with Gasteiger partial charge in [0.05, 0.1) is 19.9 Å². The highest BCUT2D eigenvalue weighted by atomic mass is 35.5. The minimum absolute atomic E-state index is 0.302. The van der Waals surface area contributed by atoms with Crippen LogP contribution in [0.5, 0.6) is 5.75 Å². The SMILES string of the molecule is COC(=O)c1c(NC(=S)Nc2cc(Cl)ccc2OC)sc(C)c1-c1ccccc1. The zero-order valence-corrected chi connectivity index (χ0v) is 18.4. The number of ether oxygens (including phenoxy) is 2. The molecular formula is C21H19ClN2O3S2. The van der Waals surface area contributed by atoms with E-state index in [0.717, 1.165) is 16.0 Å². The van der Waals surface area contributed by atoms with Crippen molar-refractivity contribution >= 4 is 56.9 Å². The van der Waals surface area contributed by atoms with Gasteiger partial charge in [-0.15, -0.1) is 11.3 Å². The van der Waals surface area contributed by atoms with Crippen LogP contribution < -0.4 is 15.4 Å². The number of anilines is 2. The van der Waals surface area contributed by atoms with Crippen molar-refractivity contribution < 1.29 is 14.3 Å². The number of nitrogens with one attached hydrogen (secondary N) is 2. The maximum absolute atomic E-state index is 12.6. The van der Waals surface area contributed by atoms with E-state index in [4.69, 9.17) is 33.3 Å². The summed E-state index contributed by atoms with van der Waals surface area (Å²) in [6.45, 7) is 1.96.